The molecule has 0 fully saturated rings. The maximum Gasteiger partial charge on any atom is 0.350 e. The van der Waals surface area contributed by atoms with Gasteiger partial charge in [0.2, 0.25) is 5.95 Å². The van der Waals surface area contributed by atoms with Crippen LogP contribution in [0.1, 0.15) is 54.5 Å². The fraction of sp³-hybridized carbons (Fsp3) is 0.444. The predicted octanol–water partition coefficient (Wildman–Crippen LogP) is 6.00. The second kappa shape index (κ2) is 11.2. The lowest BCUT2D eigenvalue weighted by Crippen LogP contribution is -2.02. The molecule has 6 nitrogen and oxygen atoms in total. The number of hydrogen-bond donors (Lipinski definition) is 1. The second-order valence-electron chi connectivity index (χ2n) is 5.33. The molecule has 0 atom stereocenters. The first kappa shape index (κ1) is 23.3. The van der Waals surface area contributed by atoms with Crippen LogP contribution in [0, 0.1) is 6.92 Å². The summed E-state index contributed by atoms with van der Waals surface area (Å²) in [5.74, 6) is -0.227. The van der Waals surface area contributed by atoms with E-state index < -0.39 is 5.97 Å². The number of nitrogens with zero attached hydrogens (tertiary/aromatic N) is 3. The molecule has 0 radical (unpaired) electrons. The van der Waals surface area contributed by atoms with Crippen molar-refractivity contribution >= 4 is 51.6 Å². The summed E-state index contributed by atoms with van der Waals surface area (Å²) in [6.07, 6.45) is 2.43. The maximum absolute atomic E-state index is 11.6. The van der Waals surface area contributed by atoms with Crippen LogP contribution in [-0.2, 0) is 11.2 Å². The van der Waals surface area contributed by atoms with Crippen LogP contribution in [0.5, 0.6) is 0 Å². The van der Waals surface area contributed by atoms with E-state index in [0.29, 0.717) is 27.7 Å². The lowest BCUT2D eigenvalue weighted by Gasteiger charge is -2.09. The molecule has 9 heteroatoms. The topological polar surface area (TPSA) is 77.0 Å². The molecule has 1 N–H and O–H groups in total. The van der Waals surface area contributed by atoms with Gasteiger partial charge in [-0.25, -0.2) is 19.7 Å². The molecule has 0 saturated carbocycles. The molecule has 0 aliphatic rings. The number of allylic oxidation sites excluding steroid dienone is 1. The Hall–Kier alpha value is -1.70. The van der Waals surface area contributed by atoms with Crippen molar-refractivity contribution in [2.24, 2.45) is 0 Å². The van der Waals surface area contributed by atoms with E-state index in [0.717, 1.165) is 29.8 Å². The Morgan fingerprint density at radius 2 is 1.81 bits per heavy atom. The summed E-state index contributed by atoms with van der Waals surface area (Å²) in [4.78, 5) is 24.7. The molecule has 2 aromatic heterocycles. The molecular weight excluding hydrogens is 407 g/mol. The predicted molar refractivity (Wildman–Crippen MR) is 113 cm³/mol. The fourth-order valence-corrected chi connectivity index (χ4v) is 3.55. The van der Waals surface area contributed by atoms with Crippen LogP contribution in [0.2, 0.25) is 10.3 Å². The van der Waals surface area contributed by atoms with Crippen molar-refractivity contribution in [2.75, 3.05) is 12.4 Å². The first-order chi connectivity index (χ1) is 12.8. The van der Waals surface area contributed by atoms with Crippen LogP contribution in [-0.4, -0.2) is 28.0 Å². The fourth-order valence-electron chi connectivity index (χ4n) is 2.15. The van der Waals surface area contributed by atoms with Gasteiger partial charge in [-0.1, -0.05) is 73.9 Å². The lowest BCUT2D eigenvalue weighted by molar-refractivity contribution is 0.0605. The zero-order valence-corrected chi connectivity index (χ0v) is 18.5. The summed E-state index contributed by atoms with van der Waals surface area (Å²) in [5, 5.41) is 3.90. The largest absolute Gasteiger partial charge is 0.465 e. The zero-order chi connectivity index (χ0) is 20.6. The van der Waals surface area contributed by atoms with E-state index >= 15 is 0 Å². The number of thiazole rings is 1. The number of ether oxygens (including phenoxy) is 1. The van der Waals surface area contributed by atoms with E-state index in [9.17, 15) is 4.79 Å². The number of methoxy groups -OCH3 is 1. The van der Waals surface area contributed by atoms with E-state index in [1.54, 1.807) is 6.92 Å². The molecule has 0 aliphatic carbocycles. The average Bonchev–Trinajstić information content (AvgIpc) is 2.99. The Bertz CT molecular complexity index is 786. The Labute approximate surface area is 174 Å². The molecule has 0 bridgehead atoms. The van der Waals surface area contributed by atoms with Crippen molar-refractivity contribution < 1.29 is 9.53 Å². The summed E-state index contributed by atoms with van der Waals surface area (Å²) < 4.78 is 4.71. The molecule has 0 saturated heterocycles. The van der Waals surface area contributed by atoms with Gasteiger partial charge in [-0.3, -0.25) is 5.32 Å². The summed E-state index contributed by atoms with van der Waals surface area (Å²) in [6, 6.07) is 0. The summed E-state index contributed by atoms with van der Waals surface area (Å²) >= 11 is 13.6. The quantitative estimate of drug-likeness (QED) is 0.329. The number of aryl methyl sites for hydroxylation is 1. The minimum absolute atomic E-state index is 0.213. The zero-order valence-electron chi connectivity index (χ0n) is 16.2. The third-order valence-corrected chi connectivity index (χ3v) is 5.00. The monoisotopic (exact) mass is 430 g/mol. The van der Waals surface area contributed by atoms with E-state index in [1.807, 2.05) is 13.8 Å². The van der Waals surface area contributed by atoms with E-state index in [-0.39, 0.29) is 16.3 Å². The highest BCUT2D eigenvalue weighted by Gasteiger charge is 2.18. The van der Waals surface area contributed by atoms with Crippen LogP contribution in [0.25, 0.3) is 0 Å². The van der Waals surface area contributed by atoms with Gasteiger partial charge in [0.15, 0.2) is 5.13 Å². The molecular formula is C18H24Cl2N4O2S. The number of aromatic nitrogens is 3. The normalized spacial score (nSPS) is 10.0. The maximum atomic E-state index is 11.6. The summed E-state index contributed by atoms with van der Waals surface area (Å²) in [6.45, 7) is 11.8. The van der Waals surface area contributed by atoms with Gasteiger partial charge >= 0.3 is 5.97 Å². The van der Waals surface area contributed by atoms with Crippen molar-refractivity contribution in [3.8, 4) is 0 Å². The first-order valence-corrected chi connectivity index (χ1v) is 10.1. The summed E-state index contributed by atoms with van der Waals surface area (Å²) in [7, 11) is 1.32. The molecule has 0 spiro atoms. The Morgan fingerprint density at radius 3 is 2.33 bits per heavy atom. The molecule has 2 rings (SSSR count). The molecule has 2 heterocycles. The van der Waals surface area contributed by atoms with Gasteiger partial charge in [0.25, 0.3) is 0 Å². The van der Waals surface area contributed by atoms with Crippen LogP contribution in [0.3, 0.4) is 0 Å². The van der Waals surface area contributed by atoms with Crippen molar-refractivity contribution in [1.29, 1.82) is 0 Å². The standard InChI is InChI=1S/C16H18Cl2N4O2S.C2H6/c1-5-6-8(2)7-10-12(17)20-15(21-13(10)18)22-16-19-9(3)11(25-16)14(23)24-4;1-2/h2,5-7H2,1,3-4H3,(H,19,20,21,22);1-2H3. The lowest BCUT2D eigenvalue weighted by atomic mass is 10.1. The van der Waals surface area contributed by atoms with E-state index in [1.165, 1.54) is 7.11 Å². The minimum atomic E-state index is -0.440. The van der Waals surface area contributed by atoms with Crippen molar-refractivity contribution in [3.05, 3.63) is 38.6 Å². The molecule has 0 unspecified atom stereocenters. The third-order valence-electron chi connectivity index (χ3n) is 3.32. The highest BCUT2D eigenvalue weighted by Crippen LogP contribution is 2.29. The molecule has 0 aliphatic heterocycles. The number of halogens is 2. The Balaban J connectivity index is 0.00000176. The number of hydrogen-bond acceptors (Lipinski definition) is 7. The van der Waals surface area contributed by atoms with Crippen LogP contribution in [0.15, 0.2) is 12.2 Å². The SMILES string of the molecule is C=C(CCC)Cc1c(Cl)nc(Nc2nc(C)c(C(=O)OC)s2)nc1Cl.CC. The van der Waals surface area contributed by atoms with Gasteiger partial charge in [-0.2, -0.15) is 0 Å². The Kier molecular flexibility index (Phi) is 9.69. The number of nitrogens with one attached hydrogen (secondary N) is 1. The third kappa shape index (κ3) is 6.45. The van der Waals surface area contributed by atoms with Gasteiger partial charge in [0.05, 0.1) is 12.8 Å². The first-order valence-electron chi connectivity index (χ1n) is 8.57. The molecule has 27 heavy (non-hydrogen) atoms. The van der Waals surface area contributed by atoms with Gasteiger partial charge < -0.3 is 4.74 Å². The molecule has 148 valence electrons. The van der Waals surface area contributed by atoms with Crippen LogP contribution in [0.4, 0.5) is 11.1 Å². The Morgan fingerprint density at radius 1 is 1.22 bits per heavy atom. The number of esters is 1. The second-order valence-corrected chi connectivity index (χ2v) is 7.05. The van der Waals surface area contributed by atoms with Crippen LogP contribution < -0.4 is 5.32 Å². The van der Waals surface area contributed by atoms with Crippen molar-refractivity contribution in [3.63, 3.8) is 0 Å². The minimum Gasteiger partial charge on any atom is -0.465 e. The number of carbonyl (C=O) groups is 1. The number of carbonyl (C=O) groups excluding carboxylic acids is 1. The molecule has 2 aromatic rings. The number of anilines is 2. The number of rotatable bonds is 7. The highest BCUT2D eigenvalue weighted by atomic mass is 35.5. The van der Waals surface area contributed by atoms with Crippen molar-refractivity contribution in [1.82, 2.24) is 15.0 Å². The molecule has 0 aromatic carbocycles. The van der Waals surface area contributed by atoms with Crippen LogP contribution >= 0.6 is 34.5 Å². The van der Waals surface area contributed by atoms with Gasteiger partial charge in [0.1, 0.15) is 15.2 Å². The van der Waals surface area contributed by atoms with Crippen molar-refractivity contribution in [2.45, 2.75) is 47.0 Å². The van der Waals surface area contributed by atoms with Gasteiger partial charge in [-0.05, 0) is 19.8 Å². The molecule has 0 amide bonds. The average molecular weight is 431 g/mol. The van der Waals surface area contributed by atoms with E-state index in [2.05, 4.69) is 33.8 Å². The van der Waals surface area contributed by atoms with Gasteiger partial charge in [0, 0.05) is 5.56 Å². The summed E-state index contributed by atoms with van der Waals surface area (Å²) in [5.41, 5.74) is 2.23. The smallest absolute Gasteiger partial charge is 0.350 e. The van der Waals surface area contributed by atoms with Gasteiger partial charge in [-0.15, -0.1) is 0 Å². The van der Waals surface area contributed by atoms with E-state index in [4.69, 9.17) is 27.9 Å². The highest BCUT2D eigenvalue weighted by molar-refractivity contribution is 7.17.